The minimum atomic E-state index is -0.323. The molecule has 2 fully saturated rings. The third-order valence-corrected chi connectivity index (χ3v) is 5.87. The number of amides is 2. The number of hydrogen-bond acceptors (Lipinski definition) is 5. The first-order valence-electron chi connectivity index (χ1n) is 10.2. The highest BCUT2D eigenvalue weighted by atomic mass is 16.6. The van der Waals surface area contributed by atoms with Crippen LogP contribution in [0.2, 0.25) is 0 Å². The van der Waals surface area contributed by atoms with Gasteiger partial charge in [0.25, 0.3) is 5.91 Å². The van der Waals surface area contributed by atoms with Crippen molar-refractivity contribution in [2.45, 2.75) is 69.9 Å². The minimum Gasteiger partial charge on any atom is -0.446 e. The second-order valence-electron chi connectivity index (χ2n) is 8.38. The molecular weight excluding hydrogens is 372 g/mol. The summed E-state index contributed by atoms with van der Waals surface area (Å²) < 4.78 is 7.15. The number of H-pyrrole nitrogens is 1. The third-order valence-electron chi connectivity index (χ3n) is 5.87. The highest BCUT2D eigenvalue weighted by Gasteiger charge is 2.40. The van der Waals surface area contributed by atoms with Gasteiger partial charge in [-0.2, -0.15) is 10.2 Å². The van der Waals surface area contributed by atoms with Crippen molar-refractivity contribution in [1.29, 1.82) is 0 Å². The van der Waals surface area contributed by atoms with Crippen molar-refractivity contribution >= 4 is 17.8 Å². The highest BCUT2D eigenvalue weighted by Crippen LogP contribution is 2.37. The molecule has 0 bridgehead atoms. The number of hydrogen-bond donors (Lipinski definition) is 3. The molecule has 2 aromatic rings. The molecule has 0 spiro atoms. The summed E-state index contributed by atoms with van der Waals surface area (Å²) in [5.41, 5.74) is 2.24. The fraction of sp³-hybridized carbons (Fsp3) is 0.600. The van der Waals surface area contributed by atoms with Gasteiger partial charge in [0.05, 0.1) is 5.69 Å². The average molecular weight is 400 g/mol. The molecule has 9 heteroatoms. The fourth-order valence-corrected chi connectivity index (χ4v) is 3.77. The molecule has 0 saturated heterocycles. The standard InChI is InChI=1S/C20H28N6O3/c1-4-13-10-16(26(3)25-13)18(27)21-17-11-15(23-24-17)12-5-6-14(9-12)29-19(28)22-20(2)7-8-20/h10-12,14H,4-9H2,1-3H3,(H,22,28)(H2,21,23,24,27). The topological polar surface area (TPSA) is 114 Å². The Morgan fingerprint density at radius 1 is 1.34 bits per heavy atom. The van der Waals surface area contributed by atoms with Crippen molar-refractivity contribution in [1.82, 2.24) is 25.3 Å². The summed E-state index contributed by atoms with van der Waals surface area (Å²) in [4.78, 5) is 24.5. The van der Waals surface area contributed by atoms with Crippen LogP contribution in [0.4, 0.5) is 10.6 Å². The maximum Gasteiger partial charge on any atom is 0.407 e. The summed E-state index contributed by atoms with van der Waals surface area (Å²) >= 11 is 0. The summed E-state index contributed by atoms with van der Waals surface area (Å²) in [6.07, 6.45) is 4.86. The lowest BCUT2D eigenvalue weighted by Crippen LogP contribution is -2.36. The Morgan fingerprint density at radius 2 is 2.14 bits per heavy atom. The Morgan fingerprint density at radius 3 is 2.83 bits per heavy atom. The quantitative estimate of drug-likeness (QED) is 0.690. The number of carbonyl (C=O) groups is 2. The molecule has 2 heterocycles. The summed E-state index contributed by atoms with van der Waals surface area (Å²) in [5.74, 6) is 0.467. The normalized spacial score (nSPS) is 22.3. The van der Waals surface area contributed by atoms with Crippen LogP contribution in [0.3, 0.4) is 0 Å². The first-order chi connectivity index (χ1) is 13.8. The predicted molar refractivity (Wildman–Crippen MR) is 107 cm³/mol. The molecule has 0 radical (unpaired) electrons. The Labute approximate surface area is 169 Å². The molecular formula is C20H28N6O3. The van der Waals surface area contributed by atoms with Gasteiger partial charge in [-0.15, -0.1) is 0 Å². The number of anilines is 1. The lowest BCUT2D eigenvalue weighted by molar-refractivity contribution is 0.0965. The van der Waals surface area contributed by atoms with Crippen LogP contribution in [0, 0.1) is 0 Å². The van der Waals surface area contributed by atoms with E-state index in [4.69, 9.17) is 4.74 Å². The molecule has 0 aliphatic heterocycles. The fourth-order valence-electron chi connectivity index (χ4n) is 3.77. The minimum absolute atomic E-state index is 0.0721. The van der Waals surface area contributed by atoms with Gasteiger partial charge in [-0.25, -0.2) is 4.79 Å². The Hall–Kier alpha value is -2.84. The van der Waals surface area contributed by atoms with Gasteiger partial charge in [-0.05, 0) is 51.5 Å². The first kappa shape index (κ1) is 19.5. The third kappa shape index (κ3) is 4.44. The predicted octanol–water partition coefficient (Wildman–Crippen LogP) is 2.87. The van der Waals surface area contributed by atoms with E-state index in [1.165, 1.54) is 0 Å². The largest absolute Gasteiger partial charge is 0.446 e. The van der Waals surface area contributed by atoms with Gasteiger partial charge in [0.2, 0.25) is 0 Å². The van der Waals surface area contributed by atoms with E-state index in [0.29, 0.717) is 11.5 Å². The van der Waals surface area contributed by atoms with Crippen LogP contribution in [0.25, 0.3) is 0 Å². The van der Waals surface area contributed by atoms with Crippen LogP contribution in [0.1, 0.15) is 73.7 Å². The lowest BCUT2D eigenvalue weighted by atomic mass is 10.0. The van der Waals surface area contributed by atoms with Gasteiger partial charge in [-0.3, -0.25) is 14.6 Å². The molecule has 156 valence electrons. The van der Waals surface area contributed by atoms with E-state index in [1.807, 2.05) is 19.9 Å². The maximum absolute atomic E-state index is 12.5. The number of aryl methyl sites for hydroxylation is 2. The molecule has 2 aliphatic carbocycles. The second kappa shape index (κ2) is 7.53. The number of rotatable bonds is 6. The molecule has 2 aromatic heterocycles. The second-order valence-corrected chi connectivity index (χ2v) is 8.38. The molecule has 4 rings (SSSR count). The van der Waals surface area contributed by atoms with Crippen molar-refractivity contribution in [3.05, 3.63) is 29.2 Å². The van der Waals surface area contributed by atoms with Gasteiger partial charge in [0, 0.05) is 30.3 Å². The monoisotopic (exact) mass is 400 g/mol. The molecule has 3 N–H and O–H groups in total. The summed E-state index contributed by atoms with van der Waals surface area (Å²) in [7, 11) is 1.75. The number of alkyl carbamates (subject to hydrolysis) is 1. The molecule has 9 nitrogen and oxygen atoms in total. The summed E-state index contributed by atoms with van der Waals surface area (Å²) in [6, 6.07) is 3.64. The first-order valence-corrected chi connectivity index (χ1v) is 10.2. The van der Waals surface area contributed by atoms with Crippen molar-refractivity contribution in [2.24, 2.45) is 7.05 Å². The van der Waals surface area contributed by atoms with Crippen molar-refractivity contribution in [2.75, 3.05) is 5.32 Å². The van der Waals surface area contributed by atoms with Crippen LogP contribution in [-0.2, 0) is 18.2 Å². The molecule has 2 saturated carbocycles. The van der Waals surface area contributed by atoms with E-state index in [1.54, 1.807) is 17.8 Å². The Kier molecular flexibility index (Phi) is 5.06. The molecule has 29 heavy (non-hydrogen) atoms. The number of aromatic nitrogens is 4. The zero-order chi connectivity index (χ0) is 20.6. The molecule has 2 amide bonds. The zero-order valence-electron chi connectivity index (χ0n) is 17.1. The maximum atomic E-state index is 12.5. The summed E-state index contributed by atoms with van der Waals surface area (Å²) in [5, 5.41) is 17.3. The van der Waals surface area contributed by atoms with Crippen molar-refractivity contribution < 1.29 is 14.3 Å². The SMILES string of the molecule is CCc1cc(C(=O)Nc2cc(C3CCC(OC(=O)NC4(C)CC4)C3)[nH]n2)n(C)n1. The Bertz CT molecular complexity index is 913. The van der Waals surface area contributed by atoms with Gasteiger partial charge in [0.1, 0.15) is 11.8 Å². The number of nitrogens with zero attached hydrogens (tertiary/aromatic N) is 3. The Balaban J connectivity index is 1.31. The van der Waals surface area contributed by atoms with Crippen molar-refractivity contribution in [3.8, 4) is 0 Å². The lowest BCUT2D eigenvalue weighted by Gasteiger charge is -2.16. The van der Waals surface area contributed by atoms with Crippen LogP contribution in [0.15, 0.2) is 12.1 Å². The van der Waals surface area contributed by atoms with Gasteiger partial charge in [0.15, 0.2) is 5.82 Å². The number of aromatic amines is 1. The number of nitrogens with one attached hydrogen (secondary N) is 3. The van der Waals surface area contributed by atoms with Crippen LogP contribution >= 0.6 is 0 Å². The smallest absolute Gasteiger partial charge is 0.407 e. The van der Waals surface area contributed by atoms with E-state index in [9.17, 15) is 9.59 Å². The molecule has 2 unspecified atom stereocenters. The van der Waals surface area contributed by atoms with Crippen molar-refractivity contribution in [3.63, 3.8) is 0 Å². The number of carbonyl (C=O) groups excluding carboxylic acids is 2. The zero-order valence-corrected chi connectivity index (χ0v) is 17.1. The van der Waals surface area contributed by atoms with E-state index >= 15 is 0 Å². The van der Waals surface area contributed by atoms with Crippen LogP contribution < -0.4 is 10.6 Å². The highest BCUT2D eigenvalue weighted by molar-refractivity contribution is 6.02. The summed E-state index contributed by atoms with van der Waals surface area (Å²) in [6.45, 7) is 4.03. The van der Waals surface area contributed by atoms with E-state index in [0.717, 1.165) is 49.9 Å². The van der Waals surface area contributed by atoms with Gasteiger partial charge >= 0.3 is 6.09 Å². The average Bonchev–Trinajstić information content (AvgIpc) is 3.08. The van der Waals surface area contributed by atoms with E-state index in [-0.39, 0.29) is 29.6 Å². The van der Waals surface area contributed by atoms with Crippen LogP contribution in [0.5, 0.6) is 0 Å². The molecule has 2 aliphatic rings. The molecule has 0 aromatic carbocycles. The van der Waals surface area contributed by atoms with E-state index < -0.39 is 0 Å². The van der Waals surface area contributed by atoms with E-state index in [2.05, 4.69) is 25.9 Å². The van der Waals surface area contributed by atoms with Gasteiger partial charge in [-0.1, -0.05) is 6.92 Å². The van der Waals surface area contributed by atoms with Gasteiger partial charge < -0.3 is 15.4 Å². The van der Waals surface area contributed by atoms with Crippen LogP contribution in [-0.4, -0.2) is 43.6 Å². The molecule has 2 atom stereocenters. The number of ether oxygens (including phenoxy) is 1.